The molecule has 0 radical (unpaired) electrons. The minimum absolute atomic E-state index is 0.262. The normalized spacial score (nSPS) is 10.1. The Bertz CT molecular complexity index is 718. The van der Waals surface area contributed by atoms with Crippen LogP contribution >= 0.6 is 35.3 Å². The summed E-state index contributed by atoms with van der Waals surface area (Å²) in [4.78, 5) is 26.3. The van der Waals surface area contributed by atoms with Gasteiger partial charge >= 0.3 is 11.9 Å². The van der Waals surface area contributed by atoms with Gasteiger partial charge in [-0.2, -0.15) is 0 Å². The molecule has 0 fully saturated rings. The summed E-state index contributed by atoms with van der Waals surface area (Å²) in [5.41, 5.74) is 0. The van der Waals surface area contributed by atoms with Gasteiger partial charge in [-0.25, -0.2) is 9.59 Å². The third-order valence-electron chi connectivity index (χ3n) is 3.07. The maximum absolute atomic E-state index is 11.0. The predicted molar refractivity (Wildman–Crippen MR) is 111 cm³/mol. The summed E-state index contributed by atoms with van der Waals surface area (Å²) >= 11 is 4.55. The Kier molecular flexibility index (Phi) is 9.10. The first kappa shape index (κ1) is 21.2. The van der Waals surface area contributed by atoms with E-state index in [9.17, 15) is 9.59 Å². The van der Waals surface area contributed by atoms with E-state index in [0.29, 0.717) is 0 Å². The van der Waals surface area contributed by atoms with Gasteiger partial charge in [0.15, 0.2) is 0 Å². The molecule has 2 rings (SSSR count). The zero-order chi connectivity index (χ0) is 19.5. The molecule has 4 nitrogen and oxygen atoms in total. The van der Waals surface area contributed by atoms with Gasteiger partial charge in [-0.15, -0.1) is 0 Å². The molecule has 0 amide bonds. The van der Waals surface area contributed by atoms with Crippen molar-refractivity contribution in [2.75, 3.05) is 11.9 Å². The molecule has 0 heterocycles. The van der Waals surface area contributed by atoms with E-state index in [0.717, 1.165) is 31.7 Å². The summed E-state index contributed by atoms with van der Waals surface area (Å²) in [6.45, 7) is 6.71. The van der Waals surface area contributed by atoms with Crippen molar-refractivity contribution in [1.29, 1.82) is 0 Å². The maximum atomic E-state index is 11.0. The highest BCUT2D eigenvalue weighted by atomic mass is 32.2. The highest BCUT2D eigenvalue weighted by molar-refractivity contribution is 8.00. The molecule has 7 heteroatoms. The van der Waals surface area contributed by atoms with E-state index < -0.39 is 11.9 Å². The average molecular weight is 419 g/mol. The second kappa shape index (κ2) is 11.6. The van der Waals surface area contributed by atoms with E-state index in [-0.39, 0.29) is 11.9 Å². The fourth-order valence-corrected chi connectivity index (χ4v) is 3.87. The van der Waals surface area contributed by atoms with Crippen LogP contribution in [-0.2, 0) is 19.1 Å². The minimum atomic E-state index is -0.421. The molecule has 0 aliphatic heterocycles. The molecule has 0 aliphatic carbocycles. The van der Waals surface area contributed by atoms with Gasteiger partial charge in [0.05, 0.1) is 0 Å². The quantitative estimate of drug-likeness (QED) is 0.222. The molecule has 0 bridgehead atoms. The van der Waals surface area contributed by atoms with Crippen molar-refractivity contribution in [2.24, 2.45) is 0 Å². The number of hydrogen-bond donors (Lipinski definition) is 0. The van der Waals surface area contributed by atoms with Crippen LogP contribution in [0, 0.1) is 0 Å². The van der Waals surface area contributed by atoms with Crippen LogP contribution in [0.15, 0.2) is 93.4 Å². The summed E-state index contributed by atoms with van der Waals surface area (Å²) < 4.78 is 9.89. The monoisotopic (exact) mass is 418 g/mol. The predicted octanol–water partition coefficient (Wildman–Crippen LogP) is 5.40. The van der Waals surface area contributed by atoms with Crippen molar-refractivity contribution in [3.63, 3.8) is 0 Å². The van der Waals surface area contributed by atoms with Gasteiger partial charge in [-0.05, 0) is 48.5 Å². The van der Waals surface area contributed by atoms with Gasteiger partial charge in [0.1, 0.15) is 11.9 Å². The Balaban J connectivity index is 1.80. The lowest BCUT2D eigenvalue weighted by Gasteiger charge is -2.06. The number of carbonyl (C=O) groups excluding carboxylic acids is 2. The zero-order valence-electron chi connectivity index (χ0n) is 14.5. The van der Waals surface area contributed by atoms with Crippen molar-refractivity contribution in [2.45, 2.75) is 19.6 Å². The van der Waals surface area contributed by atoms with Crippen LogP contribution in [0.1, 0.15) is 0 Å². The van der Waals surface area contributed by atoms with Crippen molar-refractivity contribution in [3.05, 3.63) is 73.8 Å². The fourth-order valence-electron chi connectivity index (χ4n) is 1.77. The summed E-state index contributed by atoms with van der Waals surface area (Å²) in [7, 11) is 0. The van der Waals surface area contributed by atoms with E-state index in [2.05, 4.69) is 13.2 Å². The summed E-state index contributed by atoms with van der Waals surface area (Å²) in [6, 6.07) is 16.1. The lowest BCUT2D eigenvalue weighted by atomic mass is 10.4. The molecule has 0 spiro atoms. The van der Waals surface area contributed by atoms with Gasteiger partial charge in [-0.1, -0.05) is 48.4 Å². The largest absolute Gasteiger partial charge is 0.451 e. The summed E-state index contributed by atoms with van der Waals surface area (Å²) in [5, 5.41) is 0. The van der Waals surface area contributed by atoms with E-state index in [1.165, 1.54) is 23.5 Å². The number of ether oxygens (including phenoxy) is 2. The van der Waals surface area contributed by atoms with E-state index >= 15 is 0 Å². The van der Waals surface area contributed by atoms with Crippen molar-refractivity contribution in [3.8, 4) is 0 Å². The first-order chi connectivity index (χ1) is 13.1. The first-order valence-electron chi connectivity index (χ1n) is 7.82. The van der Waals surface area contributed by atoms with Gasteiger partial charge in [-0.3, -0.25) is 0 Å². The molecule has 0 saturated carbocycles. The second-order valence-electron chi connectivity index (χ2n) is 4.90. The van der Waals surface area contributed by atoms with Gasteiger partial charge in [0.25, 0.3) is 0 Å². The Labute approximate surface area is 171 Å². The second-order valence-corrected chi connectivity index (χ2v) is 8.04. The smallest absolute Gasteiger partial charge is 0.330 e. The molecule has 0 aromatic heterocycles. The average Bonchev–Trinajstić information content (AvgIpc) is 2.70. The zero-order valence-corrected chi connectivity index (χ0v) is 16.9. The molecular weight excluding hydrogens is 400 g/mol. The van der Waals surface area contributed by atoms with Crippen LogP contribution in [0.2, 0.25) is 0 Å². The van der Waals surface area contributed by atoms with Crippen LogP contribution in [0.4, 0.5) is 0 Å². The number of carbonyl (C=O) groups is 2. The van der Waals surface area contributed by atoms with Crippen LogP contribution < -0.4 is 0 Å². The van der Waals surface area contributed by atoms with Crippen LogP contribution in [-0.4, -0.2) is 23.8 Å². The number of benzene rings is 2. The fraction of sp³-hybridized carbons (Fsp3) is 0.100. The maximum Gasteiger partial charge on any atom is 0.330 e. The summed E-state index contributed by atoms with van der Waals surface area (Å²) in [5.74, 6) is -0.317. The SMILES string of the molecule is C=CC(=O)OCSc1ccc(Sc2ccc(SCOC(=O)C=C)cc2)cc1. The Hall–Kier alpha value is -2.09. The molecule has 27 heavy (non-hydrogen) atoms. The third kappa shape index (κ3) is 7.99. The molecule has 0 atom stereocenters. The van der Waals surface area contributed by atoms with Crippen molar-refractivity contribution < 1.29 is 19.1 Å². The Morgan fingerprint density at radius 3 is 1.37 bits per heavy atom. The molecule has 0 N–H and O–H groups in total. The van der Waals surface area contributed by atoms with Gasteiger partial charge in [0, 0.05) is 31.7 Å². The first-order valence-corrected chi connectivity index (χ1v) is 10.6. The lowest BCUT2D eigenvalue weighted by Crippen LogP contribution is -1.98. The molecule has 0 aliphatic rings. The number of hydrogen-bond acceptors (Lipinski definition) is 7. The van der Waals surface area contributed by atoms with Gasteiger partial charge < -0.3 is 9.47 Å². The number of rotatable bonds is 10. The molecule has 140 valence electrons. The minimum Gasteiger partial charge on any atom is -0.451 e. The highest BCUT2D eigenvalue weighted by Gasteiger charge is 2.02. The Morgan fingerprint density at radius 1 is 0.704 bits per heavy atom. The molecule has 2 aromatic carbocycles. The topological polar surface area (TPSA) is 52.6 Å². The molecule has 2 aromatic rings. The molecule has 0 saturated heterocycles. The highest BCUT2D eigenvalue weighted by Crippen LogP contribution is 2.31. The van der Waals surface area contributed by atoms with Crippen LogP contribution in [0.5, 0.6) is 0 Å². The lowest BCUT2D eigenvalue weighted by molar-refractivity contribution is -0.136. The number of esters is 2. The van der Waals surface area contributed by atoms with E-state index in [1.54, 1.807) is 11.8 Å². The standard InChI is InChI=1S/C20H18O4S3/c1-3-19(21)23-13-25-15-5-9-17(10-6-15)27-18-11-7-16(8-12-18)26-14-24-20(22)4-2/h3-12H,1-2,13-14H2. The molecular formula is C20H18O4S3. The number of thioether (sulfide) groups is 2. The van der Waals surface area contributed by atoms with Crippen molar-refractivity contribution >= 4 is 47.2 Å². The van der Waals surface area contributed by atoms with Crippen molar-refractivity contribution in [1.82, 2.24) is 0 Å². The van der Waals surface area contributed by atoms with Crippen LogP contribution in [0.3, 0.4) is 0 Å². The third-order valence-corrected chi connectivity index (χ3v) is 5.77. The van der Waals surface area contributed by atoms with E-state index in [4.69, 9.17) is 9.47 Å². The van der Waals surface area contributed by atoms with E-state index in [1.807, 2.05) is 48.5 Å². The summed E-state index contributed by atoms with van der Waals surface area (Å²) in [6.07, 6.45) is 2.30. The van der Waals surface area contributed by atoms with Gasteiger partial charge in [0.2, 0.25) is 0 Å². The Morgan fingerprint density at radius 2 is 1.04 bits per heavy atom. The van der Waals surface area contributed by atoms with Crippen LogP contribution in [0.25, 0.3) is 0 Å². The molecule has 0 unspecified atom stereocenters.